The van der Waals surface area contributed by atoms with Gasteiger partial charge in [0.15, 0.2) is 4.34 Å². The van der Waals surface area contributed by atoms with Gasteiger partial charge in [-0.05, 0) is 18.8 Å². The second-order valence-electron chi connectivity index (χ2n) is 6.81. The summed E-state index contributed by atoms with van der Waals surface area (Å²) in [4.78, 5) is 29.1. The molecule has 0 aliphatic heterocycles. The summed E-state index contributed by atoms with van der Waals surface area (Å²) in [5.74, 6) is 0.766. The Morgan fingerprint density at radius 2 is 1.96 bits per heavy atom. The summed E-state index contributed by atoms with van der Waals surface area (Å²) in [6.07, 6.45) is 6.95. The van der Waals surface area contributed by atoms with Gasteiger partial charge in [0.1, 0.15) is 10.7 Å². The van der Waals surface area contributed by atoms with Crippen molar-refractivity contribution in [1.82, 2.24) is 10.3 Å². The summed E-state index contributed by atoms with van der Waals surface area (Å²) in [6, 6.07) is 9.82. The van der Waals surface area contributed by atoms with E-state index in [1.807, 2.05) is 30.3 Å². The second-order valence-corrected chi connectivity index (χ2v) is 9.03. The number of carbonyl (C=O) groups is 2. The van der Waals surface area contributed by atoms with Crippen molar-refractivity contribution in [2.75, 3.05) is 17.6 Å². The van der Waals surface area contributed by atoms with Crippen LogP contribution in [0.15, 0.2) is 47.3 Å². The van der Waals surface area contributed by atoms with E-state index in [-0.39, 0.29) is 17.6 Å². The van der Waals surface area contributed by atoms with Crippen molar-refractivity contribution in [2.24, 2.45) is 5.92 Å². The number of nitrogens with one attached hydrogen (secondary N) is 2. The Balaban J connectivity index is 1.71. The summed E-state index contributed by atoms with van der Waals surface area (Å²) < 4.78 is 0.767. The molecule has 0 saturated heterocycles. The van der Waals surface area contributed by atoms with E-state index in [0.29, 0.717) is 18.9 Å². The summed E-state index contributed by atoms with van der Waals surface area (Å²) in [7, 11) is 0. The standard InChI is InChI=1S/C21H25N3O2S2/c1-2-12-22-18(26)14-27-21-24-19(16-10-4-3-5-11-16)20(28-21)23-17(25)13-15-8-6-7-9-15/h2-5,10-11,15H,1,6-9,12-14H2,(H,22,26)(H,23,25). The predicted octanol–water partition coefficient (Wildman–Crippen LogP) is 4.72. The molecule has 2 aromatic rings. The van der Waals surface area contributed by atoms with Crippen molar-refractivity contribution >= 4 is 39.9 Å². The van der Waals surface area contributed by atoms with Crippen molar-refractivity contribution in [2.45, 2.75) is 36.4 Å². The Labute approximate surface area is 174 Å². The van der Waals surface area contributed by atoms with E-state index in [4.69, 9.17) is 0 Å². The van der Waals surface area contributed by atoms with E-state index >= 15 is 0 Å². The van der Waals surface area contributed by atoms with Crippen LogP contribution in [0.1, 0.15) is 32.1 Å². The number of thiazole rings is 1. The number of carbonyl (C=O) groups excluding carboxylic acids is 2. The highest BCUT2D eigenvalue weighted by Gasteiger charge is 2.21. The lowest BCUT2D eigenvalue weighted by Crippen LogP contribution is -2.24. The van der Waals surface area contributed by atoms with Crippen molar-refractivity contribution in [3.05, 3.63) is 43.0 Å². The van der Waals surface area contributed by atoms with Crippen LogP contribution in [0.25, 0.3) is 11.3 Å². The minimum atomic E-state index is -0.0619. The van der Waals surface area contributed by atoms with Crippen molar-refractivity contribution in [3.63, 3.8) is 0 Å². The fourth-order valence-corrected chi connectivity index (χ4v) is 5.17. The van der Waals surface area contributed by atoms with Crippen LogP contribution in [-0.2, 0) is 9.59 Å². The molecule has 0 atom stereocenters. The third kappa shape index (κ3) is 5.94. The minimum absolute atomic E-state index is 0.0491. The van der Waals surface area contributed by atoms with Crippen LogP contribution >= 0.6 is 23.1 Å². The van der Waals surface area contributed by atoms with Gasteiger partial charge in [-0.1, -0.05) is 72.3 Å². The minimum Gasteiger partial charge on any atom is -0.352 e. The van der Waals surface area contributed by atoms with Crippen LogP contribution in [0.3, 0.4) is 0 Å². The molecular formula is C21H25N3O2S2. The zero-order valence-corrected chi connectivity index (χ0v) is 17.4. The Bertz CT molecular complexity index is 814. The monoisotopic (exact) mass is 415 g/mol. The number of hydrogen-bond donors (Lipinski definition) is 2. The molecule has 0 unspecified atom stereocenters. The average molecular weight is 416 g/mol. The maximum atomic E-state index is 12.5. The molecule has 148 valence electrons. The number of benzene rings is 1. The van der Waals surface area contributed by atoms with Crippen LogP contribution < -0.4 is 10.6 Å². The van der Waals surface area contributed by atoms with Crippen molar-refractivity contribution < 1.29 is 9.59 Å². The number of nitrogens with zero attached hydrogens (tertiary/aromatic N) is 1. The van der Waals surface area contributed by atoms with Crippen LogP contribution in [0.5, 0.6) is 0 Å². The van der Waals surface area contributed by atoms with Gasteiger partial charge in [0.2, 0.25) is 11.8 Å². The first-order valence-corrected chi connectivity index (χ1v) is 11.3. The molecule has 1 heterocycles. The molecule has 7 heteroatoms. The van der Waals surface area contributed by atoms with Gasteiger partial charge >= 0.3 is 0 Å². The van der Waals surface area contributed by atoms with Crippen LogP contribution in [0.4, 0.5) is 5.00 Å². The third-order valence-corrected chi connectivity index (χ3v) is 6.74. The molecule has 3 rings (SSSR count). The topological polar surface area (TPSA) is 71.1 Å². The Morgan fingerprint density at radius 1 is 1.21 bits per heavy atom. The van der Waals surface area contributed by atoms with Gasteiger partial charge in [0.25, 0.3) is 0 Å². The van der Waals surface area contributed by atoms with Gasteiger partial charge in [-0.2, -0.15) is 0 Å². The zero-order chi connectivity index (χ0) is 19.8. The van der Waals surface area contributed by atoms with Gasteiger partial charge in [0, 0.05) is 18.5 Å². The van der Waals surface area contributed by atoms with Gasteiger partial charge in [-0.25, -0.2) is 4.98 Å². The zero-order valence-electron chi connectivity index (χ0n) is 15.8. The predicted molar refractivity (Wildman–Crippen MR) is 117 cm³/mol. The second kappa shape index (κ2) is 10.4. The van der Waals surface area contributed by atoms with E-state index in [2.05, 4.69) is 22.2 Å². The molecule has 5 nitrogen and oxygen atoms in total. The van der Waals surface area contributed by atoms with E-state index in [0.717, 1.165) is 33.4 Å². The van der Waals surface area contributed by atoms with Gasteiger partial charge in [-0.3, -0.25) is 9.59 Å². The molecule has 0 spiro atoms. The molecule has 1 aromatic heterocycles. The van der Waals surface area contributed by atoms with E-state index in [1.165, 1.54) is 35.9 Å². The maximum absolute atomic E-state index is 12.5. The Morgan fingerprint density at radius 3 is 2.68 bits per heavy atom. The van der Waals surface area contributed by atoms with Crippen LogP contribution in [0.2, 0.25) is 0 Å². The molecule has 1 saturated carbocycles. The summed E-state index contributed by atoms with van der Waals surface area (Å²) >= 11 is 2.80. The van der Waals surface area contributed by atoms with E-state index < -0.39 is 0 Å². The highest BCUT2D eigenvalue weighted by Crippen LogP contribution is 2.38. The number of rotatable bonds is 9. The highest BCUT2D eigenvalue weighted by molar-refractivity contribution is 8.01. The first kappa shape index (κ1) is 20.6. The first-order chi connectivity index (χ1) is 13.7. The Kier molecular flexibility index (Phi) is 7.68. The lowest BCUT2D eigenvalue weighted by atomic mass is 10.0. The van der Waals surface area contributed by atoms with Crippen molar-refractivity contribution in [1.29, 1.82) is 0 Å². The summed E-state index contributed by atoms with van der Waals surface area (Å²) in [6.45, 7) is 4.04. The SMILES string of the molecule is C=CCNC(=O)CSc1nc(-c2ccccc2)c(NC(=O)CC2CCCC2)s1. The van der Waals surface area contributed by atoms with Crippen LogP contribution in [-0.4, -0.2) is 29.1 Å². The number of hydrogen-bond acceptors (Lipinski definition) is 5. The molecule has 0 radical (unpaired) electrons. The first-order valence-electron chi connectivity index (χ1n) is 9.52. The maximum Gasteiger partial charge on any atom is 0.230 e. The largest absolute Gasteiger partial charge is 0.352 e. The molecule has 1 aliphatic rings. The molecule has 1 aromatic carbocycles. The van der Waals surface area contributed by atoms with Gasteiger partial charge in [0.05, 0.1) is 5.75 Å². The smallest absolute Gasteiger partial charge is 0.230 e. The Hall–Kier alpha value is -2.12. The lowest BCUT2D eigenvalue weighted by Gasteiger charge is -2.09. The molecule has 1 aliphatic carbocycles. The molecule has 1 fully saturated rings. The number of thioether (sulfide) groups is 1. The normalized spacial score (nSPS) is 14.0. The number of aromatic nitrogens is 1. The summed E-state index contributed by atoms with van der Waals surface area (Å²) in [5, 5.41) is 6.58. The fourth-order valence-electron chi connectivity index (χ4n) is 3.26. The fraction of sp³-hybridized carbons (Fsp3) is 0.381. The lowest BCUT2D eigenvalue weighted by molar-refractivity contribution is -0.118. The van der Waals surface area contributed by atoms with E-state index in [9.17, 15) is 9.59 Å². The highest BCUT2D eigenvalue weighted by atomic mass is 32.2. The van der Waals surface area contributed by atoms with Crippen molar-refractivity contribution in [3.8, 4) is 11.3 Å². The van der Waals surface area contributed by atoms with E-state index in [1.54, 1.807) is 6.08 Å². The molecule has 2 N–H and O–H groups in total. The van der Waals surface area contributed by atoms with Gasteiger partial charge < -0.3 is 10.6 Å². The number of amides is 2. The number of anilines is 1. The summed E-state index contributed by atoms with van der Waals surface area (Å²) in [5.41, 5.74) is 1.72. The van der Waals surface area contributed by atoms with Gasteiger partial charge in [-0.15, -0.1) is 6.58 Å². The molecule has 28 heavy (non-hydrogen) atoms. The average Bonchev–Trinajstić information content (AvgIpc) is 3.35. The molecular weight excluding hydrogens is 390 g/mol. The van der Waals surface area contributed by atoms with Crippen LogP contribution in [0, 0.1) is 5.92 Å². The molecule has 2 amide bonds. The third-order valence-electron chi connectivity index (χ3n) is 4.63. The quantitative estimate of drug-likeness (QED) is 0.459. The molecule has 0 bridgehead atoms.